The SMILES string of the molecule is COCC1(C(=O)O)CCN(C(=O)CCc2cccc(Br)c2)C1. The van der Waals surface area contributed by atoms with E-state index in [1.54, 1.807) is 4.90 Å². The van der Waals surface area contributed by atoms with Gasteiger partial charge in [0.2, 0.25) is 5.91 Å². The van der Waals surface area contributed by atoms with Gasteiger partial charge in [0.05, 0.1) is 6.61 Å². The zero-order valence-corrected chi connectivity index (χ0v) is 14.1. The monoisotopic (exact) mass is 369 g/mol. The molecule has 1 fully saturated rings. The van der Waals surface area contributed by atoms with Crippen molar-refractivity contribution in [2.24, 2.45) is 5.41 Å². The lowest BCUT2D eigenvalue weighted by Gasteiger charge is -2.23. The van der Waals surface area contributed by atoms with Crippen LogP contribution < -0.4 is 0 Å². The molecule has 1 N–H and O–H groups in total. The highest BCUT2D eigenvalue weighted by Gasteiger charge is 2.46. The lowest BCUT2D eigenvalue weighted by molar-refractivity contribution is -0.151. The van der Waals surface area contributed by atoms with Crippen LogP contribution >= 0.6 is 15.9 Å². The molecule has 1 aliphatic rings. The average molecular weight is 370 g/mol. The third-order valence-electron chi connectivity index (χ3n) is 4.10. The fourth-order valence-electron chi connectivity index (χ4n) is 2.82. The Bertz CT molecular complexity index is 563. The summed E-state index contributed by atoms with van der Waals surface area (Å²) in [6.45, 7) is 0.845. The van der Waals surface area contributed by atoms with Gasteiger partial charge < -0.3 is 14.7 Å². The quantitative estimate of drug-likeness (QED) is 0.835. The second-order valence-electron chi connectivity index (χ2n) is 5.71. The van der Waals surface area contributed by atoms with Crippen LogP contribution in [0.3, 0.4) is 0 Å². The maximum Gasteiger partial charge on any atom is 0.313 e. The van der Waals surface area contributed by atoms with Gasteiger partial charge in [-0.1, -0.05) is 28.1 Å². The summed E-state index contributed by atoms with van der Waals surface area (Å²) >= 11 is 3.41. The minimum absolute atomic E-state index is 0.000737. The first kappa shape index (κ1) is 17.0. The van der Waals surface area contributed by atoms with Gasteiger partial charge in [0.25, 0.3) is 0 Å². The molecular formula is C16H20BrNO4. The van der Waals surface area contributed by atoms with Crippen LogP contribution in [0, 0.1) is 5.41 Å². The van der Waals surface area contributed by atoms with E-state index in [4.69, 9.17) is 4.74 Å². The van der Waals surface area contributed by atoms with Crippen LogP contribution in [0.2, 0.25) is 0 Å². The van der Waals surface area contributed by atoms with Crippen LogP contribution in [0.1, 0.15) is 18.4 Å². The number of nitrogens with zero attached hydrogens (tertiary/aromatic N) is 1. The Morgan fingerprint density at radius 3 is 2.86 bits per heavy atom. The molecule has 0 bridgehead atoms. The second kappa shape index (κ2) is 7.24. The number of aliphatic carboxylic acids is 1. The van der Waals surface area contributed by atoms with Crippen LogP contribution in [0.15, 0.2) is 28.7 Å². The fourth-order valence-corrected chi connectivity index (χ4v) is 3.26. The van der Waals surface area contributed by atoms with Crippen molar-refractivity contribution < 1.29 is 19.4 Å². The zero-order valence-electron chi connectivity index (χ0n) is 12.5. The molecule has 0 radical (unpaired) electrons. The Kier molecular flexibility index (Phi) is 5.58. The van der Waals surface area contributed by atoms with E-state index in [-0.39, 0.29) is 19.1 Å². The summed E-state index contributed by atoms with van der Waals surface area (Å²) in [4.78, 5) is 25.4. The summed E-state index contributed by atoms with van der Waals surface area (Å²) in [5.74, 6) is -0.893. The smallest absolute Gasteiger partial charge is 0.313 e. The number of rotatable bonds is 6. The standard InChI is InChI=1S/C16H20BrNO4/c1-22-11-16(15(20)21)7-8-18(10-16)14(19)6-5-12-3-2-4-13(17)9-12/h2-4,9H,5-8,10-11H2,1H3,(H,20,21). The van der Waals surface area contributed by atoms with E-state index in [0.717, 1.165) is 10.0 Å². The number of carboxylic acid groups (broad SMARTS) is 1. The summed E-state index contributed by atoms with van der Waals surface area (Å²) in [6.07, 6.45) is 1.48. The Morgan fingerprint density at radius 2 is 2.23 bits per heavy atom. The molecule has 1 amide bonds. The van der Waals surface area contributed by atoms with Crippen LogP contribution in [-0.2, 0) is 20.7 Å². The fraction of sp³-hybridized carbons (Fsp3) is 0.500. The molecule has 1 aromatic rings. The Morgan fingerprint density at radius 1 is 1.45 bits per heavy atom. The molecule has 1 saturated heterocycles. The van der Waals surface area contributed by atoms with Crippen LogP contribution in [0.5, 0.6) is 0 Å². The van der Waals surface area contributed by atoms with Gasteiger partial charge in [0.1, 0.15) is 5.41 Å². The number of carbonyl (C=O) groups is 2. The van der Waals surface area contributed by atoms with Gasteiger partial charge in [-0.25, -0.2) is 0 Å². The number of likely N-dealkylation sites (tertiary alicyclic amines) is 1. The molecule has 1 aliphatic heterocycles. The van der Waals surface area contributed by atoms with Crippen molar-refractivity contribution >= 4 is 27.8 Å². The number of amides is 1. The van der Waals surface area contributed by atoms with E-state index < -0.39 is 11.4 Å². The summed E-state index contributed by atoms with van der Waals surface area (Å²) in [6, 6.07) is 7.85. The molecule has 22 heavy (non-hydrogen) atoms. The molecular weight excluding hydrogens is 350 g/mol. The Labute approximate surface area is 138 Å². The maximum atomic E-state index is 12.3. The normalized spacial score (nSPS) is 21.1. The molecule has 1 unspecified atom stereocenters. The summed E-state index contributed by atoms with van der Waals surface area (Å²) in [5.41, 5.74) is 0.128. The predicted molar refractivity (Wildman–Crippen MR) is 85.6 cm³/mol. The maximum absolute atomic E-state index is 12.3. The van der Waals surface area contributed by atoms with E-state index in [2.05, 4.69) is 15.9 Å². The Hall–Kier alpha value is -1.40. The number of hydrogen-bond donors (Lipinski definition) is 1. The van der Waals surface area contributed by atoms with Gasteiger partial charge in [-0.2, -0.15) is 0 Å². The van der Waals surface area contributed by atoms with Gasteiger partial charge in [0.15, 0.2) is 0 Å². The van der Waals surface area contributed by atoms with Crippen LogP contribution in [0.4, 0.5) is 0 Å². The van der Waals surface area contributed by atoms with E-state index in [9.17, 15) is 14.7 Å². The molecule has 0 aromatic heterocycles. The van der Waals surface area contributed by atoms with E-state index in [1.807, 2.05) is 24.3 Å². The van der Waals surface area contributed by atoms with Crippen molar-refractivity contribution in [1.29, 1.82) is 0 Å². The minimum atomic E-state index is -0.958. The topological polar surface area (TPSA) is 66.8 Å². The van der Waals surface area contributed by atoms with E-state index >= 15 is 0 Å². The number of aryl methyl sites for hydroxylation is 1. The molecule has 6 heteroatoms. The van der Waals surface area contributed by atoms with E-state index in [0.29, 0.717) is 25.8 Å². The number of halogens is 1. The Balaban J connectivity index is 1.92. The third kappa shape index (κ3) is 3.87. The minimum Gasteiger partial charge on any atom is -0.481 e. The first-order valence-corrected chi connectivity index (χ1v) is 8.01. The molecule has 1 heterocycles. The van der Waals surface area contributed by atoms with Crippen molar-refractivity contribution in [1.82, 2.24) is 4.90 Å². The predicted octanol–water partition coefficient (Wildman–Crippen LogP) is 2.33. The van der Waals surface area contributed by atoms with Gasteiger partial charge in [-0.05, 0) is 30.5 Å². The van der Waals surface area contributed by atoms with Crippen LogP contribution in [-0.4, -0.2) is 48.7 Å². The molecule has 0 spiro atoms. The molecule has 5 nitrogen and oxygen atoms in total. The molecule has 0 aliphatic carbocycles. The molecule has 1 atom stereocenters. The zero-order chi connectivity index (χ0) is 16.2. The summed E-state index contributed by atoms with van der Waals surface area (Å²) in [5, 5.41) is 9.41. The van der Waals surface area contributed by atoms with Gasteiger partial charge in [-0.3, -0.25) is 9.59 Å². The number of carboxylic acids is 1. The van der Waals surface area contributed by atoms with Crippen molar-refractivity contribution in [3.63, 3.8) is 0 Å². The number of carbonyl (C=O) groups excluding carboxylic acids is 1. The first-order chi connectivity index (χ1) is 10.5. The highest BCUT2D eigenvalue weighted by molar-refractivity contribution is 9.10. The second-order valence-corrected chi connectivity index (χ2v) is 6.63. The van der Waals surface area contributed by atoms with E-state index in [1.165, 1.54) is 7.11 Å². The highest BCUT2D eigenvalue weighted by atomic mass is 79.9. The van der Waals surface area contributed by atoms with Gasteiger partial charge in [0, 0.05) is 31.1 Å². The third-order valence-corrected chi connectivity index (χ3v) is 4.59. The first-order valence-electron chi connectivity index (χ1n) is 7.21. The van der Waals surface area contributed by atoms with Crippen molar-refractivity contribution in [2.75, 3.05) is 26.8 Å². The number of benzene rings is 1. The molecule has 120 valence electrons. The highest BCUT2D eigenvalue weighted by Crippen LogP contribution is 2.31. The number of ether oxygens (including phenoxy) is 1. The molecule has 2 rings (SSSR count). The summed E-state index contributed by atoms with van der Waals surface area (Å²) in [7, 11) is 1.49. The molecule has 1 aromatic carbocycles. The number of hydrogen-bond acceptors (Lipinski definition) is 3. The number of methoxy groups -OCH3 is 1. The lowest BCUT2D eigenvalue weighted by Crippen LogP contribution is -2.40. The van der Waals surface area contributed by atoms with Crippen LogP contribution in [0.25, 0.3) is 0 Å². The van der Waals surface area contributed by atoms with Crippen molar-refractivity contribution in [2.45, 2.75) is 19.3 Å². The molecule has 0 saturated carbocycles. The van der Waals surface area contributed by atoms with Crippen molar-refractivity contribution in [3.8, 4) is 0 Å². The summed E-state index contributed by atoms with van der Waals surface area (Å²) < 4.78 is 6.03. The average Bonchev–Trinajstić information content (AvgIpc) is 2.91. The largest absolute Gasteiger partial charge is 0.481 e. The van der Waals surface area contributed by atoms with Crippen molar-refractivity contribution in [3.05, 3.63) is 34.3 Å². The van der Waals surface area contributed by atoms with Gasteiger partial charge in [-0.15, -0.1) is 0 Å². The van der Waals surface area contributed by atoms with Gasteiger partial charge >= 0.3 is 5.97 Å². The lowest BCUT2D eigenvalue weighted by atomic mass is 9.88.